The first-order valence-electron chi connectivity index (χ1n) is 2.39. The molecule has 0 saturated carbocycles. The molecule has 0 amide bonds. The van der Waals surface area contributed by atoms with Gasteiger partial charge in [-0.25, -0.2) is 10.7 Å². The summed E-state index contributed by atoms with van der Waals surface area (Å²) < 4.78 is 0. The van der Waals surface area contributed by atoms with Crippen LogP contribution in [0.5, 0.6) is 0 Å². The first kappa shape index (κ1) is 7.84. The summed E-state index contributed by atoms with van der Waals surface area (Å²) in [6.07, 6.45) is 0. The molecule has 0 saturated heterocycles. The fraction of sp³-hybridized carbons (Fsp3) is 1.00. The molecule has 0 aromatic heterocycles. The summed E-state index contributed by atoms with van der Waals surface area (Å²) in [5.74, 6) is 4.79. The molecule has 0 aromatic rings. The van der Waals surface area contributed by atoms with E-state index in [1.807, 2.05) is 0 Å². The maximum Gasteiger partial charge on any atom is 0.213 e. The average Bonchev–Trinajstić information content (AvgIpc) is 1.67. The third kappa shape index (κ3) is 1.75. The Bertz CT molecular complexity index is 72.4. The van der Waals surface area contributed by atoms with Gasteiger partial charge in [0.25, 0.3) is 0 Å². The molecule has 1 unspecified atom stereocenters. The highest BCUT2D eigenvalue weighted by Gasteiger charge is 2.20. The topological polar surface area (TPSA) is 62.8 Å². The van der Waals surface area contributed by atoms with Gasteiger partial charge in [-0.05, 0) is 0 Å². The van der Waals surface area contributed by atoms with E-state index >= 15 is 0 Å². The predicted molar refractivity (Wildman–Crippen MR) is 29.6 cm³/mol. The van der Waals surface area contributed by atoms with E-state index in [1.165, 1.54) is 7.05 Å². The normalized spacial score (nSPS) is 16.1. The summed E-state index contributed by atoms with van der Waals surface area (Å²) in [7, 11) is 1.44. The molecule has 4 nitrogen and oxygen atoms in total. The molecule has 0 radical (unpaired) electrons. The van der Waals surface area contributed by atoms with Gasteiger partial charge in [0.05, 0.1) is 7.05 Å². The quantitative estimate of drug-likeness (QED) is 0.349. The molecule has 0 bridgehead atoms. The number of quaternary nitrogens is 1. The van der Waals surface area contributed by atoms with Crippen LogP contribution in [0.15, 0.2) is 0 Å². The SMILES string of the molecule is C[NH+]([O-])C(C)(C)ON. The van der Waals surface area contributed by atoms with Crippen molar-refractivity contribution in [2.45, 2.75) is 19.6 Å². The molecule has 0 fully saturated rings. The lowest BCUT2D eigenvalue weighted by atomic mass is 10.3. The van der Waals surface area contributed by atoms with Crippen LogP contribution in [-0.4, -0.2) is 12.8 Å². The van der Waals surface area contributed by atoms with E-state index in [4.69, 9.17) is 5.90 Å². The van der Waals surface area contributed by atoms with Gasteiger partial charge < -0.3 is 10.3 Å². The highest BCUT2D eigenvalue weighted by Crippen LogP contribution is 1.90. The van der Waals surface area contributed by atoms with E-state index in [-0.39, 0.29) is 5.06 Å². The first-order valence-corrected chi connectivity index (χ1v) is 2.39. The van der Waals surface area contributed by atoms with Gasteiger partial charge >= 0.3 is 0 Å². The molecular weight excluding hydrogens is 108 g/mol. The zero-order valence-electron chi connectivity index (χ0n) is 5.39. The largest absolute Gasteiger partial charge is 0.632 e. The third-order valence-electron chi connectivity index (χ3n) is 1.14. The fourth-order valence-electron chi connectivity index (χ4n) is 0.0830. The standard InChI is InChI=1S/C4H12N2O2/c1-4(2,8-5)6(3)7/h6H,5H2,1-3H3. The van der Waals surface area contributed by atoms with Gasteiger partial charge in [-0.2, -0.15) is 0 Å². The molecule has 0 rings (SSSR count). The zero-order chi connectivity index (χ0) is 6.78. The van der Waals surface area contributed by atoms with Crippen molar-refractivity contribution in [3.63, 3.8) is 0 Å². The number of nitrogens with two attached hydrogens (primary N) is 1. The Morgan fingerprint density at radius 1 is 1.62 bits per heavy atom. The highest BCUT2D eigenvalue weighted by molar-refractivity contribution is 4.45. The molecule has 0 aliphatic heterocycles. The van der Waals surface area contributed by atoms with E-state index in [1.54, 1.807) is 13.8 Å². The average molecular weight is 120 g/mol. The maximum absolute atomic E-state index is 10.5. The zero-order valence-corrected chi connectivity index (χ0v) is 5.39. The van der Waals surface area contributed by atoms with Crippen LogP contribution in [0, 0.1) is 5.21 Å². The molecule has 0 spiro atoms. The Kier molecular flexibility index (Phi) is 2.36. The fourth-order valence-corrected chi connectivity index (χ4v) is 0.0830. The lowest BCUT2D eigenvalue weighted by molar-refractivity contribution is -0.912. The van der Waals surface area contributed by atoms with Crippen molar-refractivity contribution in [1.82, 2.24) is 0 Å². The molecular formula is C4H12N2O2. The maximum atomic E-state index is 10.5. The highest BCUT2D eigenvalue weighted by atomic mass is 16.7. The van der Waals surface area contributed by atoms with Crippen LogP contribution in [-0.2, 0) is 4.84 Å². The molecule has 3 N–H and O–H groups in total. The van der Waals surface area contributed by atoms with Gasteiger partial charge in [0.15, 0.2) is 0 Å². The van der Waals surface area contributed by atoms with Gasteiger partial charge in [-0.3, -0.25) is 0 Å². The number of rotatable bonds is 2. The van der Waals surface area contributed by atoms with Gasteiger partial charge in [0, 0.05) is 13.8 Å². The van der Waals surface area contributed by atoms with Crippen LogP contribution in [0.3, 0.4) is 0 Å². The molecule has 0 aliphatic rings. The Labute approximate surface area is 48.7 Å². The summed E-state index contributed by atoms with van der Waals surface area (Å²) in [5.41, 5.74) is -0.819. The Hall–Kier alpha value is -0.160. The Morgan fingerprint density at radius 2 is 2.00 bits per heavy atom. The number of hydroxylamine groups is 2. The third-order valence-corrected chi connectivity index (χ3v) is 1.14. The summed E-state index contributed by atoms with van der Waals surface area (Å²) in [6, 6.07) is 0. The van der Waals surface area contributed by atoms with Crippen molar-refractivity contribution in [1.29, 1.82) is 0 Å². The molecule has 8 heavy (non-hydrogen) atoms. The second kappa shape index (κ2) is 2.41. The minimum absolute atomic E-state index is 0.0694. The summed E-state index contributed by atoms with van der Waals surface area (Å²) >= 11 is 0. The first-order chi connectivity index (χ1) is 3.50. The van der Waals surface area contributed by atoms with Crippen molar-refractivity contribution >= 4 is 0 Å². The van der Waals surface area contributed by atoms with E-state index < -0.39 is 5.72 Å². The van der Waals surface area contributed by atoms with Crippen LogP contribution in [0.2, 0.25) is 0 Å². The van der Waals surface area contributed by atoms with E-state index in [0.717, 1.165) is 0 Å². The minimum Gasteiger partial charge on any atom is -0.632 e. The summed E-state index contributed by atoms with van der Waals surface area (Å²) in [4.78, 5) is 4.35. The summed E-state index contributed by atoms with van der Waals surface area (Å²) in [6.45, 7) is 3.24. The van der Waals surface area contributed by atoms with E-state index in [9.17, 15) is 5.21 Å². The lowest BCUT2D eigenvalue weighted by Crippen LogP contribution is -3.13. The lowest BCUT2D eigenvalue weighted by Gasteiger charge is -2.31. The van der Waals surface area contributed by atoms with E-state index in [0.29, 0.717) is 0 Å². The molecule has 50 valence electrons. The van der Waals surface area contributed by atoms with Crippen molar-refractivity contribution in [3.05, 3.63) is 5.21 Å². The van der Waals surface area contributed by atoms with Crippen molar-refractivity contribution < 1.29 is 9.90 Å². The number of hydrogen-bond donors (Lipinski definition) is 2. The molecule has 0 heterocycles. The van der Waals surface area contributed by atoms with Crippen molar-refractivity contribution in [2.24, 2.45) is 5.90 Å². The molecule has 4 heteroatoms. The summed E-state index contributed by atoms with van der Waals surface area (Å²) in [5, 5.41) is 10.4. The van der Waals surface area contributed by atoms with Crippen LogP contribution in [0.4, 0.5) is 0 Å². The van der Waals surface area contributed by atoms with E-state index in [2.05, 4.69) is 4.84 Å². The van der Waals surface area contributed by atoms with Gasteiger partial charge in [0.1, 0.15) is 0 Å². The predicted octanol–water partition coefficient (Wildman–Crippen LogP) is -1.37. The van der Waals surface area contributed by atoms with Crippen LogP contribution in [0.1, 0.15) is 13.8 Å². The monoisotopic (exact) mass is 120 g/mol. The number of hydrogen-bond acceptors (Lipinski definition) is 3. The Morgan fingerprint density at radius 3 is 2.00 bits per heavy atom. The van der Waals surface area contributed by atoms with Crippen LogP contribution in [0.25, 0.3) is 0 Å². The molecule has 1 atom stereocenters. The van der Waals surface area contributed by atoms with Gasteiger partial charge in [0.2, 0.25) is 5.72 Å². The minimum atomic E-state index is -0.819. The van der Waals surface area contributed by atoms with Crippen LogP contribution < -0.4 is 11.0 Å². The van der Waals surface area contributed by atoms with Crippen LogP contribution >= 0.6 is 0 Å². The Balaban J connectivity index is 3.71. The van der Waals surface area contributed by atoms with Crippen molar-refractivity contribution in [3.8, 4) is 0 Å². The van der Waals surface area contributed by atoms with Gasteiger partial charge in [-0.1, -0.05) is 0 Å². The number of nitrogens with one attached hydrogen (secondary N) is 1. The van der Waals surface area contributed by atoms with Gasteiger partial charge in [-0.15, -0.1) is 0 Å². The second-order valence-electron chi connectivity index (χ2n) is 2.18. The smallest absolute Gasteiger partial charge is 0.213 e. The van der Waals surface area contributed by atoms with Crippen molar-refractivity contribution in [2.75, 3.05) is 7.05 Å². The second-order valence-corrected chi connectivity index (χ2v) is 2.18. The molecule has 0 aromatic carbocycles. The molecule has 0 aliphatic carbocycles.